The van der Waals surface area contributed by atoms with Crippen LogP contribution in [0.2, 0.25) is 0 Å². The Kier molecular flexibility index (Phi) is 2.89. The molecule has 0 aromatic rings. The molecule has 76 valence electrons. The Morgan fingerprint density at radius 3 is 2.38 bits per heavy atom. The number of hydrogen-bond donors (Lipinski definition) is 1. The molecule has 0 radical (unpaired) electrons. The van der Waals surface area contributed by atoms with Gasteiger partial charge in [0.25, 0.3) is 5.91 Å². The Balaban J connectivity index is 2.34. The highest BCUT2D eigenvalue weighted by Gasteiger charge is 2.45. The summed E-state index contributed by atoms with van der Waals surface area (Å²) < 4.78 is 37.5. The van der Waals surface area contributed by atoms with E-state index in [1.165, 1.54) is 0 Å². The molecule has 1 saturated carbocycles. The molecule has 1 N–H and O–H groups in total. The van der Waals surface area contributed by atoms with Crippen molar-refractivity contribution >= 4 is 21.8 Å². The van der Waals surface area contributed by atoms with E-state index in [1.807, 2.05) is 21.2 Å². The Labute approximate surface area is 82.0 Å². The van der Waals surface area contributed by atoms with Gasteiger partial charge in [0, 0.05) is 0 Å². The molecule has 0 atom stereocenters. The number of carbonyl (C=O) groups excluding carboxylic acids is 1. The molecular formula is C7H9BrF3NO. The average Bonchev–Trinajstić information content (AvgIpc) is 1.94. The van der Waals surface area contributed by atoms with Crippen molar-refractivity contribution in [2.45, 2.75) is 29.8 Å². The van der Waals surface area contributed by atoms with E-state index in [9.17, 15) is 18.0 Å². The third kappa shape index (κ3) is 2.86. The second kappa shape index (κ2) is 3.48. The number of nitrogens with one attached hydrogen (secondary N) is 1. The Morgan fingerprint density at radius 1 is 1.54 bits per heavy atom. The summed E-state index contributed by atoms with van der Waals surface area (Å²) >= 11 is 2.04. The molecule has 1 aliphatic rings. The van der Waals surface area contributed by atoms with Crippen molar-refractivity contribution in [1.29, 1.82) is 0 Å². The predicted molar refractivity (Wildman–Crippen MR) is 44.6 cm³/mol. The van der Waals surface area contributed by atoms with Gasteiger partial charge in [0.15, 0.2) is 5.67 Å². The fraction of sp³-hybridized carbons (Fsp3) is 0.857. The van der Waals surface area contributed by atoms with Gasteiger partial charge in [0.1, 0.15) is 0 Å². The maximum absolute atomic E-state index is 13.2. The first-order valence-corrected chi connectivity index (χ1v) is 4.67. The van der Waals surface area contributed by atoms with Gasteiger partial charge in [-0.15, -0.1) is 0 Å². The molecule has 6 heteroatoms. The molecule has 0 spiro atoms. The lowest BCUT2D eigenvalue weighted by molar-refractivity contribution is -0.139. The van der Waals surface area contributed by atoms with Gasteiger partial charge in [-0.25, -0.2) is 4.39 Å². The largest absolute Gasteiger partial charge is 0.346 e. The van der Waals surface area contributed by atoms with E-state index >= 15 is 0 Å². The van der Waals surface area contributed by atoms with Gasteiger partial charge in [-0.3, -0.25) is 4.79 Å². The quantitative estimate of drug-likeness (QED) is 0.772. The summed E-state index contributed by atoms with van der Waals surface area (Å²) in [6.45, 7) is -0.877. The van der Waals surface area contributed by atoms with Crippen LogP contribution in [0.4, 0.5) is 13.2 Å². The predicted octanol–water partition coefficient (Wildman–Crippen LogP) is 1.98. The van der Waals surface area contributed by atoms with Crippen LogP contribution in [0.15, 0.2) is 0 Å². The first-order valence-electron chi connectivity index (χ1n) is 3.87. The molecule has 0 unspecified atom stereocenters. The van der Waals surface area contributed by atoms with Gasteiger partial charge in [0.2, 0.25) is 0 Å². The van der Waals surface area contributed by atoms with E-state index in [-0.39, 0.29) is 12.8 Å². The first-order chi connectivity index (χ1) is 5.83. The highest BCUT2D eigenvalue weighted by atomic mass is 79.9. The zero-order valence-electron chi connectivity index (χ0n) is 6.75. The molecule has 0 saturated heterocycles. The van der Waals surface area contributed by atoms with Gasteiger partial charge >= 0.3 is 4.83 Å². The molecule has 1 rings (SSSR count). The minimum Gasteiger partial charge on any atom is -0.346 e. The number of hydrogen-bond acceptors (Lipinski definition) is 1. The third-order valence-electron chi connectivity index (χ3n) is 2.00. The van der Waals surface area contributed by atoms with Crippen LogP contribution in [0.3, 0.4) is 0 Å². The van der Waals surface area contributed by atoms with E-state index < -0.39 is 23.0 Å². The Bertz CT molecular complexity index is 212. The SMILES string of the molecule is O=C(NCC(F)(F)Br)C1(F)CCC1. The molecule has 13 heavy (non-hydrogen) atoms. The minimum atomic E-state index is -3.16. The van der Waals surface area contributed by atoms with Crippen LogP contribution in [0.1, 0.15) is 19.3 Å². The summed E-state index contributed by atoms with van der Waals surface area (Å²) in [6, 6.07) is 0. The normalized spacial score (nSPS) is 20.6. The van der Waals surface area contributed by atoms with Crippen molar-refractivity contribution in [3.63, 3.8) is 0 Å². The smallest absolute Gasteiger partial charge is 0.318 e. The Morgan fingerprint density at radius 2 is 2.08 bits per heavy atom. The highest BCUT2D eigenvalue weighted by Crippen LogP contribution is 2.36. The maximum Gasteiger partial charge on any atom is 0.318 e. The number of halogens is 4. The first kappa shape index (κ1) is 10.8. The number of amides is 1. The van der Waals surface area contributed by atoms with Crippen molar-refractivity contribution in [3.8, 4) is 0 Å². The molecule has 2 nitrogen and oxygen atoms in total. The van der Waals surface area contributed by atoms with E-state index in [0.29, 0.717) is 6.42 Å². The van der Waals surface area contributed by atoms with Crippen LogP contribution >= 0.6 is 15.9 Å². The van der Waals surface area contributed by atoms with E-state index in [0.717, 1.165) is 0 Å². The molecule has 0 heterocycles. The van der Waals surface area contributed by atoms with Crippen molar-refractivity contribution in [3.05, 3.63) is 0 Å². The van der Waals surface area contributed by atoms with Crippen LogP contribution in [0.5, 0.6) is 0 Å². The summed E-state index contributed by atoms with van der Waals surface area (Å²) in [7, 11) is 0. The van der Waals surface area contributed by atoms with Crippen molar-refractivity contribution < 1.29 is 18.0 Å². The molecule has 1 amide bonds. The molecule has 0 aromatic heterocycles. The maximum atomic E-state index is 13.2. The van der Waals surface area contributed by atoms with E-state index in [1.54, 1.807) is 0 Å². The van der Waals surface area contributed by atoms with Crippen molar-refractivity contribution in [1.82, 2.24) is 5.32 Å². The number of alkyl halides is 4. The molecular weight excluding hydrogens is 251 g/mol. The second-order valence-corrected chi connectivity index (χ2v) is 4.28. The molecule has 0 aliphatic heterocycles. The monoisotopic (exact) mass is 259 g/mol. The summed E-state index contributed by atoms with van der Waals surface area (Å²) in [5, 5.41) is 1.85. The van der Waals surface area contributed by atoms with E-state index in [2.05, 4.69) is 0 Å². The lowest BCUT2D eigenvalue weighted by atomic mass is 9.81. The van der Waals surface area contributed by atoms with Gasteiger partial charge in [-0.1, -0.05) is 0 Å². The van der Waals surface area contributed by atoms with Crippen LogP contribution < -0.4 is 5.32 Å². The summed E-state index contributed by atoms with van der Waals surface area (Å²) in [5.41, 5.74) is -1.90. The molecule has 0 aromatic carbocycles. The topological polar surface area (TPSA) is 29.1 Å². The van der Waals surface area contributed by atoms with E-state index in [4.69, 9.17) is 0 Å². The Hall–Kier alpha value is -0.260. The zero-order chi connectivity index (χ0) is 10.1. The van der Waals surface area contributed by atoms with Crippen LogP contribution in [-0.2, 0) is 4.79 Å². The highest BCUT2D eigenvalue weighted by molar-refractivity contribution is 9.10. The second-order valence-electron chi connectivity index (χ2n) is 3.12. The minimum absolute atomic E-state index is 0.132. The van der Waals surface area contributed by atoms with Gasteiger partial charge in [-0.2, -0.15) is 8.78 Å². The standard InChI is InChI=1S/C7H9BrF3NO/c8-7(10,11)4-12-5(13)6(9)2-1-3-6/h1-4H2,(H,12,13). The van der Waals surface area contributed by atoms with Crippen molar-refractivity contribution in [2.24, 2.45) is 0 Å². The van der Waals surface area contributed by atoms with Crippen LogP contribution in [0.25, 0.3) is 0 Å². The zero-order valence-corrected chi connectivity index (χ0v) is 8.33. The van der Waals surface area contributed by atoms with Gasteiger partial charge < -0.3 is 5.32 Å². The van der Waals surface area contributed by atoms with Crippen LogP contribution in [-0.4, -0.2) is 23.0 Å². The fourth-order valence-electron chi connectivity index (χ4n) is 1.05. The third-order valence-corrected chi connectivity index (χ3v) is 2.28. The number of rotatable bonds is 3. The lowest BCUT2D eigenvalue weighted by Crippen LogP contribution is -2.50. The number of carbonyl (C=O) groups is 1. The van der Waals surface area contributed by atoms with Crippen molar-refractivity contribution in [2.75, 3.05) is 6.54 Å². The molecule has 0 bridgehead atoms. The molecule has 1 aliphatic carbocycles. The van der Waals surface area contributed by atoms with Gasteiger partial charge in [-0.05, 0) is 35.2 Å². The fourth-order valence-corrected chi connectivity index (χ4v) is 1.19. The van der Waals surface area contributed by atoms with Crippen LogP contribution in [0, 0.1) is 0 Å². The van der Waals surface area contributed by atoms with Gasteiger partial charge in [0.05, 0.1) is 6.54 Å². The summed E-state index contributed by atoms with van der Waals surface area (Å²) in [5.74, 6) is -0.933. The summed E-state index contributed by atoms with van der Waals surface area (Å²) in [4.78, 5) is 7.79. The average molecular weight is 260 g/mol. The summed E-state index contributed by atoms with van der Waals surface area (Å²) in [6.07, 6.45) is 0.897. The lowest BCUT2D eigenvalue weighted by Gasteiger charge is -2.32. The molecule has 1 fully saturated rings.